The topological polar surface area (TPSA) is 91.8 Å². The van der Waals surface area contributed by atoms with Crippen molar-refractivity contribution < 1.29 is 19.4 Å². The number of hydrogen-bond acceptors (Lipinski definition) is 6. The van der Waals surface area contributed by atoms with Crippen LogP contribution in [-0.2, 0) is 11.3 Å². The number of methoxy groups -OCH3 is 1. The molecule has 0 aliphatic heterocycles. The van der Waals surface area contributed by atoms with Gasteiger partial charge < -0.3 is 20.1 Å². The van der Waals surface area contributed by atoms with Crippen molar-refractivity contribution in [3.8, 4) is 17.0 Å². The smallest absolute Gasteiger partial charge is 0.326 e. The Morgan fingerprint density at radius 3 is 2.53 bits per heavy atom. The van der Waals surface area contributed by atoms with Gasteiger partial charge in [0.05, 0.1) is 12.8 Å². The average molecular weight is 480 g/mol. The number of carboxylic acid groups (broad SMARTS) is 1. The third-order valence-electron chi connectivity index (χ3n) is 5.30. The number of hydrogen-bond donors (Lipinski definition) is 2. The Kier molecular flexibility index (Phi) is 8.43. The fourth-order valence-corrected chi connectivity index (χ4v) is 4.31. The van der Waals surface area contributed by atoms with E-state index in [0.29, 0.717) is 18.7 Å². The predicted molar refractivity (Wildman–Crippen MR) is 136 cm³/mol. The lowest BCUT2D eigenvalue weighted by Gasteiger charge is -2.21. The van der Waals surface area contributed by atoms with Crippen LogP contribution in [0.2, 0.25) is 0 Å². The first-order valence-corrected chi connectivity index (χ1v) is 11.8. The summed E-state index contributed by atoms with van der Waals surface area (Å²) in [5.74, 6) is -0.897. The molecule has 0 saturated heterocycles. The number of nitrogens with zero attached hydrogens (tertiary/aromatic N) is 2. The quantitative estimate of drug-likeness (QED) is 0.382. The zero-order valence-corrected chi connectivity index (χ0v) is 20.3. The fourth-order valence-electron chi connectivity index (χ4n) is 3.48. The number of para-hydroxylation sites is 1. The van der Waals surface area contributed by atoms with Gasteiger partial charge in [-0.1, -0.05) is 44.2 Å². The number of aliphatic carboxylic acids is 1. The molecule has 1 heterocycles. The van der Waals surface area contributed by atoms with Gasteiger partial charge in [0.15, 0.2) is 5.13 Å². The summed E-state index contributed by atoms with van der Waals surface area (Å²) < 4.78 is 5.46. The Hall–Kier alpha value is -3.65. The maximum atomic E-state index is 12.5. The van der Waals surface area contributed by atoms with Gasteiger partial charge in [0.25, 0.3) is 5.91 Å². The van der Waals surface area contributed by atoms with E-state index in [2.05, 4.69) is 16.8 Å². The van der Waals surface area contributed by atoms with Gasteiger partial charge in [0.1, 0.15) is 11.8 Å². The van der Waals surface area contributed by atoms with Crippen molar-refractivity contribution in [1.29, 1.82) is 0 Å². The SMILES string of the molecule is C=CCN(Cc1ccc(C(=O)NC(C(=O)O)C(C)C)cc1)c1nc(-c2ccccc2OC)cs1. The molecule has 3 aromatic rings. The molecule has 1 unspecified atom stereocenters. The zero-order chi connectivity index (χ0) is 24.7. The van der Waals surface area contributed by atoms with Crippen LogP contribution in [0.25, 0.3) is 11.3 Å². The largest absolute Gasteiger partial charge is 0.496 e. The first-order chi connectivity index (χ1) is 16.3. The number of benzene rings is 2. The lowest BCUT2D eigenvalue weighted by Crippen LogP contribution is -2.44. The molecule has 1 aromatic heterocycles. The van der Waals surface area contributed by atoms with Crippen molar-refractivity contribution in [3.05, 3.63) is 77.7 Å². The highest BCUT2D eigenvalue weighted by Gasteiger charge is 2.24. The molecule has 3 rings (SSSR count). The summed E-state index contributed by atoms with van der Waals surface area (Å²) in [5.41, 5.74) is 3.18. The van der Waals surface area contributed by atoms with E-state index in [-0.39, 0.29) is 5.92 Å². The van der Waals surface area contributed by atoms with Crippen molar-refractivity contribution in [2.24, 2.45) is 5.92 Å². The first kappa shape index (κ1) is 25.0. The third-order valence-corrected chi connectivity index (χ3v) is 6.21. The van der Waals surface area contributed by atoms with Gasteiger partial charge in [0.2, 0.25) is 0 Å². The highest BCUT2D eigenvalue weighted by atomic mass is 32.1. The van der Waals surface area contributed by atoms with Crippen LogP contribution >= 0.6 is 11.3 Å². The van der Waals surface area contributed by atoms with Crippen LogP contribution in [0.15, 0.2) is 66.6 Å². The normalized spacial score (nSPS) is 11.6. The minimum absolute atomic E-state index is 0.216. The number of ether oxygens (including phenoxy) is 1. The second-order valence-electron chi connectivity index (χ2n) is 8.12. The molecule has 0 bridgehead atoms. The van der Waals surface area contributed by atoms with Gasteiger partial charge in [0, 0.05) is 29.6 Å². The predicted octanol–water partition coefficient (Wildman–Crippen LogP) is 4.85. The van der Waals surface area contributed by atoms with Crippen LogP contribution in [0, 0.1) is 5.92 Å². The van der Waals surface area contributed by atoms with Crippen molar-refractivity contribution in [3.63, 3.8) is 0 Å². The number of thiazole rings is 1. The molecule has 7 nitrogen and oxygen atoms in total. The van der Waals surface area contributed by atoms with Gasteiger partial charge in [-0.25, -0.2) is 9.78 Å². The van der Waals surface area contributed by atoms with Crippen molar-refractivity contribution in [1.82, 2.24) is 10.3 Å². The molecule has 0 aliphatic rings. The summed E-state index contributed by atoms with van der Waals surface area (Å²) >= 11 is 1.54. The maximum Gasteiger partial charge on any atom is 0.326 e. The number of amides is 1. The Balaban J connectivity index is 1.74. The molecule has 8 heteroatoms. The van der Waals surface area contributed by atoms with Gasteiger partial charge in [-0.3, -0.25) is 4.79 Å². The minimum atomic E-state index is -1.05. The standard InChI is InChI=1S/C26H29N3O4S/c1-5-14-29(26-27-21(16-34-26)20-8-6-7-9-22(20)33-4)15-18-10-12-19(13-11-18)24(30)28-23(17(2)3)25(31)32/h5-13,16-17,23H,1,14-15H2,2-4H3,(H,28,30)(H,31,32). The fraction of sp³-hybridized carbons (Fsp3) is 0.269. The monoisotopic (exact) mass is 479 g/mol. The molecule has 0 saturated carbocycles. The second kappa shape index (κ2) is 11.5. The number of carbonyl (C=O) groups excluding carboxylic acids is 1. The molecule has 0 fully saturated rings. The Labute approximate surface area is 203 Å². The molecular formula is C26H29N3O4S. The minimum Gasteiger partial charge on any atom is -0.496 e. The van der Waals surface area contributed by atoms with E-state index < -0.39 is 17.9 Å². The lowest BCUT2D eigenvalue weighted by atomic mass is 10.0. The van der Waals surface area contributed by atoms with Crippen molar-refractivity contribution in [2.75, 3.05) is 18.6 Å². The molecule has 178 valence electrons. The highest BCUT2D eigenvalue weighted by Crippen LogP contribution is 2.33. The molecule has 0 radical (unpaired) electrons. The molecule has 1 atom stereocenters. The van der Waals surface area contributed by atoms with Crippen LogP contribution in [-0.4, -0.2) is 41.7 Å². The van der Waals surface area contributed by atoms with E-state index in [9.17, 15) is 14.7 Å². The van der Waals surface area contributed by atoms with Crippen molar-refractivity contribution in [2.45, 2.75) is 26.4 Å². The number of aromatic nitrogens is 1. The van der Waals surface area contributed by atoms with Gasteiger partial charge in [-0.2, -0.15) is 0 Å². The van der Waals surface area contributed by atoms with E-state index >= 15 is 0 Å². The summed E-state index contributed by atoms with van der Waals surface area (Å²) in [6.07, 6.45) is 1.82. The zero-order valence-electron chi connectivity index (χ0n) is 19.5. The molecule has 34 heavy (non-hydrogen) atoms. The molecule has 0 spiro atoms. The number of carboxylic acids is 1. The van der Waals surface area contributed by atoms with Crippen LogP contribution in [0.4, 0.5) is 5.13 Å². The van der Waals surface area contributed by atoms with E-state index in [1.807, 2.05) is 47.9 Å². The van der Waals surface area contributed by atoms with Crippen molar-refractivity contribution >= 4 is 28.3 Å². The number of nitrogens with one attached hydrogen (secondary N) is 1. The number of carbonyl (C=O) groups is 2. The van der Waals surface area contributed by atoms with E-state index in [1.54, 1.807) is 44.4 Å². The molecule has 2 N–H and O–H groups in total. The summed E-state index contributed by atoms with van der Waals surface area (Å²) in [7, 11) is 1.64. The summed E-state index contributed by atoms with van der Waals surface area (Å²) in [6.45, 7) is 8.57. The Bertz CT molecular complexity index is 1140. The summed E-state index contributed by atoms with van der Waals surface area (Å²) in [6, 6.07) is 14.0. The van der Waals surface area contributed by atoms with Crippen LogP contribution in [0.1, 0.15) is 29.8 Å². The molecule has 1 amide bonds. The molecule has 0 aliphatic carbocycles. The second-order valence-corrected chi connectivity index (χ2v) is 8.95. The van der Waals surface area contributed by atoms with E-state index in [4.69, 9.17) is 9.72 Å². The van der Waals surface area contributed by atoms with Gasteiger partial charge in [-0.05, 0) is 35.7 Å². The summed E-state index contributed by atoms with van der Waals surface area (Å²) in [5, 5.41) is 14.7. The Morgan fingerprint density at radius 1 is 1.21 bits per heavy atom. The molecule has 2 aromatic carbocycles. The Morgan fingerprint density at radius 2 is 1.91 bits per heavy atom. The van der Waals surface area contributed by atoms with Crippen LogP contribution in [0.5, 0.6) is 5.75 Å². The van der Waals surface area contributed by atoms with Crippen LogP contribution in [0.3, 0.4) is 0 Å². The average Bonchev–Trinajstić information content (AvgIpc) is 3.32. The number of rotatable bonds is 11. The van der Waals surface area contributed by atoms with E-state index in [0.717, 1.165) is 27.7 Å². The van der Waals surface area contributed by atoms with Gasteiger partial charge >= 0.3 is 5.97 Å². The maximum absolute atomic E-state index is 12.5. The molecular weight excluding hydrogens is 450 g/mol. The first-order valence-electron chi connectivity index (χ1n) is 10.9. The number of anilines is 1. The van der Waals surface area contributed by atoms with Gasteiger partial charge in [-0.15, -0.1) is 17.9 Å². The van der Waals surface area contributed by atoms with E-state index in [1.165, 1.54) is 0 Å². The van der Waals surface area contributed by atoms with Crippen LogP contribution < -0.4 is 15.0 Å². The highest BCUT2D eigenvalue weighted by molar-refractivity contribution is 7.14. The lowest BCUT2D eigenvalue weighted by molar-refractivity contribution is -0.140. The summed E-state index contributed by atoms with van der Waals surface area (Å²) in [4.78, 5) is 30.8. The third kappa shape index (κ3) is 6.02.